The number of allylic oxidation sites excluding steroid dienone is 1. The third-order valence-corrected chi connectivity index (χ3v) is 5.35. The van der Waals surface area contributed by atoms with Crippen molar-refractivity contribution in [2.45, 2.75) is 33.1 Å². The summed E-state index contributed by atoms with van der Waals surface area (Å²) in [7, 11) is 3.39. The lowest BCUT2D eigenvalue weighted by Crippen LogP contribution is -2.35. The number of amides is 2. The van der Waals surface area contributed by atoms with Crippen molar-refractivity contribution >= 4 is 35.0 Å². The van der Waals surface area contributed by atoms with Crippen LogP contribution in [0.3, 0.4) is 0 Å². The smallest absolute Gasteiger partial charge is 0.383 e. The summed E-state index contributed by atoms with van der Waals surface area (Å²) in [5, 5.41) is 5.40. The molecule has 0 spiro atoms. The van der Waals surface area contributed by atoms with Gasteiger partial charge in [0.1, 0.15) is 18.2 Å². The van der Waals surface area contributed by atoms with Crippen LogP contribution in [-0.4, -0.2) is 46.1 Å². The summed E-state index contributed by atoms with van der Waals surface area (Å²) in [5.74, 6) is -3.72. The Kier molecular flexibility index (Phi) is 11.6. The van der Waals surface area contributed by atoms with Crippen LogP contribution in [0, 0.1) is 11.6 Å². The molecule has 1 aliphatic heterocycles. The third-order valence-electron chi connectivity index (χ3n) is 5.09. The number of halogens is 6. The van der Waals surface area contributed by atoms with E-state index in [1.807, 2.05) is 13.8 Å². The summed E-state index contributed by atoms with van der Waals surface area (Å²) in [6.07, 6.45) is -2.15. The minimum absolute atomic E-state index is 0.0664. The van der Waals surface area contributed by atoms with Crippen molar-refractivity contribution in [3.05, 3.63) is 94.0 Å². The second-order valence-corrected chi connectivity index (χ2v) is 8.79. The third kappa shape index (κ3) is 9.41. The fourth-order valence-electron chi connectivity index (χ4n) is 3.29. The molecule has 14 heteroatoms. The molecular weight excluding hydrogens is 573 g/mol. The Balaban J connectivity index is 0.000000500. The van der Waals surface area contributed by atoms with E-state index in [0.29, 0.717) is 17.2 Å². The number of carbonyl (C=O) groups excluding carboxylic acids is 3. The standard InChI is InChI=1S/C19H17F4N5O3.C6H4ClF.C2H6/c1-27(2)4-3-14(29)17-25-16(13-8-24-15(30)9-28(13)17)26-18(31)10-5-11(19(21,22)23)7-12(20)6-10;7-5-1-3-6(8)4-2-5;1-2/h3-7H,8-9H2,1-2H3,(H,24,30)(H,26,31);1-4H;1-2H3/b4-3-;;. The van der Waals surface area contributed by atoms with E-state index in [0.717, 1.165) is 0 Å². The zero-order valence-corrected chi connectivity index (χ0v) is 23.2. The number of hydrogen-bond donors (Lipinski definition) is 2. The van der Waals surface area contributed by atoms with Gasteiger partial charge in [0.15, 0.2) is 11.6 Å². The molecule has 0 unspecified atom stereocenters. The molecule has 1 aromatic heterocycles. The molecule has 2 amide bonds. The molecule has 0 aliphatic carbocycles. The maximum absolute atomic E-state index is 13.6. The zero-order chi connectivity index (χ0) is 30.9. The van der Waals surface area contributed by atoms with Gasteiger partial charge in [0.25, 0.3) is 5.91 Å². The molecule has 4 rings (SSSR count). The van der Waals surface area contributed by atoms with Gasteiger partial charge in [-0.25, -0.2) is 13.8 Å². The lowest BCUT2D eigenvalue weighted by Gasteiger charge is -2.17. The normalized spacial score (nSPS) is 12.3. The summed E-state index contributed by atoms with van der Waals surface area (Å²) in [6, 6.07) is 7.10. The Morgan fingerprint density at radius 1 is 1.07 bits per heavy atom. The second-order valence-electron chi connectivity index (χ2n) is 8.35. The number of alkyl halides is 3. The van der Waals surface area contributed by atoms with Gasteiger partial charge in [-0.2, -0.15) is 13.2 Å². The maximum Gasteiger partial charge on any atom is 0.416 e. The van der Waals surface area contributed by atoms with Gasteiger partial charge in [-0.3, -0.25) is 14.4 Å². The van der Waals surface area contributed by atoms with E-state index in [2.05, 4.69) is 15.6 Å². The molecule has 0 saturated carbocycles. The minimum Gasteiger partial charge on any atom is -0.383 e. The fourth-order valence-corrected chi connectivity index (χ4v) is 3.42. The SMILES string of the molecule is CC.CN(C)/C=C\C(=O)c1nc(NC(=O)c2cc(F)cc(C(F)(F)F)c2)c2n1CC(=O)NC2.Fc1ccc(Cl)cc1. The number of carbonyl (C=O) groups is 3. The number of fused-ring (bicyclic) bond motifs is 1. The molecule has 220 valence electrons. The number of hydrogen-bond acceptors (Lipinski definition) is 5. The first kappa shape index (κ1) is 32.9. The van der Waals surface area contributed by atoms with E-state index in [-0.39, 0.29) is 48.2 Å². The zero-order valence-electron chi connectivity index (χ0n) is 22.4. The Morgan fingerprint density at radius 2 is 1.71 bits per heavy atom. The van der Waals surface area contributed by atoms with Crippen molar-refractivity contribution in [1.29, 1.82) is 0 Å². The van der Waals surface area contributed by atoms with Crippen LogP contribution in [0.2, 0.25) is 5.02 Å². The van der Waals surface area contributed by atoms with E-state index < -0.39 is 34.8 Å². The molecule has 41 heavy (non-hydrogen) atoms. The molecular formula is C27H27ClF5N5O3. The first-order chi connectivity index (χ1) is 19.2. The quantitative estimate of drug-likeness (QED) is 0.223. The number of imidazole rings is 1. The van der Waals surface area contributed by atoms with Crippen molar-refractivity contribution in [2.24, 2.45) is 0 Å². The predicted octanol–water partition coefficient (Wildman–Crippen LogP) is 5.69. The highest BCUT2D eigenvalue weighted by molar-refractivity contribution is 6.30. The predicted molar refractivity (Wildman–Crippen MR) is 143 cm³/mol. The first-order valence-corrected chi connectivity index (χ1v) is 12.5. The molecule has 8 nitrogen and oxygen atoms in total. The summed E-state index contributed by atoms with van der Waals surface area (Å²) in [5.41, 5.74) is -1.61. The van der Waals surface area contributed by atoms with Crippen LogP contribution in [0.5, 0.6) is 0 Å². The number of ketones is 1. The number of rotatable bonds is 5. The minimum atomic E-state index is -4.84. The number of aromatic nitrogens is 2. The Hall–Kier alpha value is -4.26. The van der Waals surface area contributed by atoms with Crippen LogP contribution < -0.4 is 10.6 Å². The molecule has 0 saturated heterocycles. The highest BCUT2D eigenvalue weighted by atomic mass is 35.5. The molecule has 0 fully saturated rings. The van der Waals surface area contributed by atoms with Crippen LogP contribution in [0.1, 0.15) is 46.1 Å². The molecule has 0 atom stereocenters. The topological polar surface area (TPSA) is 96.3 Å². The lowest BCUT2D eigenvalue weighted by atomic mass is 10.1. The van der Waals surface area contributed by atoms with Gasteiger partial charge in [-0.1, -0.05) is 25.4 Å². The summed E-state index contributed by atoms with van der Waals surface area (Å²) in [6.45, 7) is 3.70. The molecule has 3 aromatic rings. The summed E-state index contributed by atoms with van der Waals surface area (Å²) in [4.78, 5) is 42.4. The lowest BCUT2D eigenvalue weighted by molar-refractivity contribution is -0.137. The maximum atomic E-state index is 13.6. The van der Waals surface area contributed by atoms with Crippen LogP contribution in [0.25, 0.3) is 0 Å². The molecule has 0 bridgehead atoms. The van der Waals surface area contributed by atoms with Gasteiger partial charge in [0.05, 0.1) is 17.8 Å². The van der Waals surface area contributed by atoms with E-state index in [1.54, 1.807) is 19.0 Å². The van der Waals surface area contributed by atoms with Crippen LogP contribution in [0.15, 0.2) is 54.7 Å². The van der Waals surface area contributed by atoms with Gasteiger partial charge in [-0.05, 0) is 42.5 Å². The number of benzene rings is 2. The Morgan fingerprint density at radius 3 is 2.27 bits per heavy atom. The van der Waals surface area contributed by atoms with Gasteiger partial charge in [-0.15, -0.1) is 0 Å². The summed E-state index contributed by atoms with van der Waals surface area (Å²) < 4.78 is 65.7. The van der Waals surface area contributed by atoms with Crippen molar-refractivity contribution < 1.29 is 36.3 Å². The van der Waals surface area contributed by atoms with E-state index in [1.165, 1.54) is 41.1 Å². The Labute approximate surface area is 237 Å². The highest BCUT2D eigenvalue weighted by Crippen LogP contribution is 2.31. The number of anilines is 1. The van der Waals surface area contributed by atoms with Crippen LogP contribution >= 0.6 is 11.6 Å². The van der Waals surface area contributed by atoms with Gasteiger partial charge in [0.2, 0.25) is 11.7 Å². The van der Waals surface area contributed by atoms with Gasteiger partial charge in [0, 0.05) is 37.0 Å². The molecule has 0 radical (unpaired) electrons. The van der Waals surface area contributed by atoms with Crippen molar-refractivity contribution in [3.63, 3.8) is 0 Å². The van der Waals surface area contributed by atoms with Gasteiger partial charge < -0.3 is 20.1 Å². The molecule has 2 aromatic carbocycles. The van der Waals surface area contributed by atoms with E-state index in [9.17, 15) is 36.3 Å². The van der Waals surface area contributed by atoms with Crippen molar-refractivity contribution in [1.82, 2.24) is 19.8 Å². The average Bonchev–Trinajstić information content (AvgIpc) is 3.26. The van der Waals surface area contributed by atoms with E-state index >= 15 is 0 Å². The van der Waals surface area contributed by atoms with Crippen molar-refractivity contribution in [3.8, 4) is 0 Å². The Bertz CT molecular complexity index is 1400. The highest BCUT2D eigenvalue weighted by Gasteiger charge is 2.32. The second kappa shape index (κ2) is 14.4. The number of nitrogens with zero attached hydrogens (tertiary/aromatic N) is 3. The summed E-state index contributed by atoms with van der Waals surface area (Å²) >= 11 is 5.44. The largest absolute Gasteiger partial charge is 0.416 e. The molecule has 1 aliphatic rings. The van der Waals surface area contributed by atoms with Crippen LogP contribution in [0.4, 0.5) is 27.8 Å². The average molecular weight is 600 g/mol. The van der Waals surface area contributed by atoms with Crippen LogP contribution in [-0.2, 0) is 24.1 Å². The van der Waals surface area contributed by atoms with Crippen molar-refractivity contribution in [2.75, 3.05) is 19.4 Å². The first-order valence-electron chi connectivity index (χ1n) is 12.1. The number of nitrogens with one attached hydrogen (secondary N) is 2. The van der Waals surface area contributed by atoms with Gasteiger partial charge >= 0.3 is 6.18 Å². The molecule has 2 N–H and O–H groups in total. The van der Waals surface area contributed by atoms with E-state index in [4.69, 9.17) is 11.6 Å². The molecule has 2 heterocycles. The fraction of sp³-hybridized carbons (Fsp3) is 0.259. The monoisotopic (exact) mass is 599 g/mol.